The lowest BCUT2D eigenvalue weighted by Gasteiger charge is -2.26. The van der Waals surface area contributed by atoms with Gasteiger partial charge in [-0.25, -0.2) is 4.39 Å². The van der Waals surface area contributed by atoms with Crippen molar-refractivity contribution in [2.45, 2.75) is 13.0 Å². The van der Waals surface area contributed by atoms with E-state index in [1.165, 1.54) is 12.1 Å². The highest BCUT2D eigenvalue weighted by molar-refractivity contribution is 6.05. The van der Waals surface area contributed by atoms with Gasteiger partial charge in [-0.1, -0.05) is 5.21 Å². The van der Waals surface area contributed by atoms with Crippen molar-refractivity contribution in [2.75, 3.05) is 44.3 Å². The van der Waals surface area contributed by atoms with Gasteiger partial charge in [0.25, 0.3) is 5.91 Å². The SMILES string of the molecule is O=C(c1cn(CCN2CCOCC2)nn1)N1CCc2cc(F)ccc21. The van der Waals surface area contributed by atoms with Crippen molar-refractivity contribution >= 4 is 11.6 Å². The van der Waals surface area contributed by atoms with Crippen LogP contribution in [0.2, 0.25) is 0 Å². The largest absolute Gasteiger partial charge is 0.379 e. The maximum Gasteiger partial charge on any atom is 0.280 e. The molecule has 132 valence electrons. The summed E-state index contributed by atoms with van der Waals surface area (Å²) >= 11 is 0. The van der Waals surface area contributed by atoms with E-state index in [9.17, 15) is 9.18 Å². The van der Waals surface area contributed by atoms with Gasteiger partial charge in [-0.3, -0.25) is 14.4 Å². The molecule has 7 nitrogen and oxygen atoms in total. The van der Waals surface area contributed by atoms with Crippen LogP contribution in [-0.4, -0.2) is 65.2 Å². The summed E-state index contributed by atoms with van der Waals surface area (Å²) < 4.78 is 20.3. The number of halogens is 1. The molecule has 3 heterocycles. The van der Waals surface area contributed by atoms with Crippen LogP contribution in [0.1, 0.15) is 16.1 Å². The van der Waals surface area contributed by atoms with Crippen LogP contribution < -0.4 is 4.90 Å². The molecule has 4 rings (SSSR count). The molecule has 2 aliphatic rings. The number of hydrogen-bond donors (Lipinski definition) is 0. The normalized spacial score (nSPS) is 17.7. The Morgan fingerprint density at radius 1 is 1.20 bits per heavy atom. The van der Waals surface area contributed by atoms with Gasteiger partial charge in [0.15, 0.2) is 5.69 Å². The van der Waals surface area contributed by atoms with Crippen LogP contribution in [-0.2, 0) is 17.7 Å². The molecule has 2 aromatic rings. The van der Waals surface area contributed by atoms with Crippen LogP contribution in [0.4, 0.5) is 10.1 Å². The van der Waals surface area contributed by atoms with Crippen molar-refractivity contribution < 1.29 is 13.9 Å². The quantitative estimate of drug-likeness (QED) is 0.826. The Labute approximate surface area is 145 Å². The predicted octanol–water partition coefficient (Wildman–Crippen LogP) is 0.952. The van der Waals surface area contributed by atoms with E-state index in [0.717, 1.165) is 44.1 Å². The molecule has 1 amide bonds. The van der Waals surface area contributed by atoms with Crippen molar-refractivity contribution in [3.05, 3.63) is 41.5 Å². The molecule has 0 saturated carbocycles. The molecule has 0 unspecified atom stereocenters. The van der Waals surface area contributed by atoms with Gasteiger partial charge in [0.1, 0.15) is 5.82 Å². The molecule has 0 bridgehead atoms. The van der Waals surface area contributed by atoms with Crippen molar-refractivity contribution in [3.63, 3.8) is 0 Å². The first kappa shape index (κ1) is 16.2. The second-order valence-corrected chi connectivity index (χ2v) is 6.30. The average Bonchev–Trinajstić information content (AvgIpc) is 3.27. The van der Waals surface area contributed by atoms with Crippen LogP contribution in [0.5, 0.6) is 0 Å². The number of carbonyl (C=O) groups excluding carboxylic acids is 1. The molecule has 1 aromatic carbocycles. The summed E-state index contributed by atoms with van der Waals surface area (Å²) in [5.41, 5.74) is 1.93. The maximum atomic E-state index is 13.3. The van der Waals surface area contributed by atoms with Crippen LogP contribution >= 0.6 is 0 Å². The van der Waals surface area contributed by atoms with Gasteiger partial charge < -0.3 is 9.64 Å². The van der Waals surface area contributed by atoms with Gasteiger partial charge in [0, 0.05) is 31.9 Å². The third-order valence-corrected chi connectivity index (χ3v) is 4.69. The van der Waals surface area contributed by atoms with Crippen molar-refractivity contribution in [1.82, 2.24) is 19.9 Å². The Balaban J connectivity index is 1.41. The lowest BCUT2D eigenvalue weighted by molar-refractivity contribution is 0.0359. The molecule has 0 aliphatic carbocycles. The van der Waals surface area contributed by atoms with Gasteiger partial charge in [0.2, 0.25) is 0 Å². The summed E-state index contributed by atoms with van der Waals surface area (Å²) in [5, 5.41) is 8.08. The van der Waals surface area contributed by atoms with Gasteiger partial charge >= 0.3 is 0 Å². The average molecular weight is 345 g/mol. The van der Waals surface area contributed by atoms with E-state index < -0.39 is 0 Å². The van der Waals surface area contributed by atoms with Gasteiger partial charge in [-0.05, 0) is 30.2 Å². The Bertz CT molecular complexity index is 772. The molecule has 25 heavy (non-hydrogen) atoms. The number of anilines is 1. The fourth-order valence-electron chi connectivity index (χ4n) is 3.29. The smallest absolute Gasteiger partial charge is 0.280 e. The van der Waals surface area contributed by atoms with Gasteiger partial charge in [-0.15, -0.1) is 5.10 Å². The second-order valence-electron chi connectivity index (χ2n) is 6.30. The minimum Gasteiger partial charge on any atom is -0.379 e. The van der Waals surface area contributed by atoms with Crippen LogP contribution in [0, 0.1) is 5.82 Å². The van der Waals surface area contributed by atoms with Crippen molar-refractivity contribution in [3.8, 4) is 0 Å². The zero-order chi connectivity index (χ0) is 17.2. The standard InChI is InChI=1S/C17H20FN5O2/c18-14-1-2-16-13(11-14)3-4-23(16)17(24)15-12-22(20-19-15)6-5-21-7-9-25-10-8-21/h1-2,11-12H,3-10H2. The first-order valence-electron chi connectivity index (χ1n) is 8.51. The first-order chi connectivity index (χ1) is 12.2. The van der Waals surface area contributed by atoms with Crippen molar-refractivity contribution in [2.24, 2.45) is 0 Å². The predicted molar refractivity (Wildman–Crippen MR) is 89.1 cm³/mol. The van der Waals surface area contributed by atoms with Gasteiger partial charge in [0.05, 0.1) is 26.0 Å². The molecule has 0 N–H and O–H groups in total. The summed E-state index contributed by atoms with van der Waals surface area (Å²) in [6, 6.07) is 4.52. The lowest BCUT2D eigenvalue weighted by Crippen LogP contribution is -2.38. The van der Waals surface area contributed by atoms with Crippen LogP contribution in [0.15, 0.2) is 24.4 Å². The lowest BCUT2D eigenvalue weighted by atomic mass is 10.1. The molecule has 1 saturated heterocycles. The van der Waals surface area contributed by atoms with E-state index >= 15 is 0 Å². The van der Waals surface area contributed by atoms with E-state index in [-0.39, 0.29) is 11.7 Å². The third kappa shape index (κ3) is 3.40. The molecular formula is C17H20FN5O2. The third-order valence-electron chi connectivity index (χ3n) is 4.69. The number of amides is 1. The van der Waals surface area contributed by atoms with Crippen LogP contribution in [0.25, 0.3) is 0 Å². The molecule has 0 atom stereocenters. The fraction of sp³-hybridized carbons (Fsp3) is 0.471. The molecule has 1 aromatic heterocycles. The topological polar surface area (TPSA) is 63.5 Å². The molecule has 1 fully saturated rings. The molecule has 2 aliphatic heterocycles. The number of fused-ring (bicyclic) bond motifs is 1. The Hall–Kier alpha value is -2.32. The first-order valence-corrected chi connectivity index (χ1v) is 8.51. The minimum absolute atomic E-state index is 0.192. The zero-order valence-electron chi connectivity index (χ0n) is 13.9. The Kier molecular flexibility index (Phi) is 4.46. The Morgan fingerprint density at radius 2 is 2.04 bits per heavy atom. The number of aromatic nitrogens is 3. The summed E-state index contributed by atoms with van der Waals surface area (Å²) in [7, 11) is 0. The number of carbonyl (C=O) groups is 1. The summed E-state index contributed by atoms with van der Waals surface area (Å²) in [6.45, 7) is 5.43. The summed E-state index contributed by atoms with van der Waals surface area (Å²) in [5.74, 6) is -0.468. The van der Waals surface area contributed by atoms with Crippen LogP contribution in [0.3, 0.4) is 0 Å². The summed E-state index contributed by atoms with van der Waals surface area (Å²) in [6.07, 6.45) is 2.34. The second kappa shape index (κ2) is 6.89. The zero-order valence-corrected chi connectivity index (χ0v) is 13.9. The number of hydrogen-bond acceptors (Lipinski definition) is 5. The molecule has 0 radical (unpaired) electrons. The van der Waals surface area contributed by atoms with Crippen molar-refractivity contribution in [1.29, 1.82) is 0 Å². The molecule has 8 heteroatoms. The monoisotopic (exact) mass is 345 g/mol. The number of rotatable bonds is 4. The Morgan fingerprint density at radius 3 is 2.88 bits per heavy atom. The number of morpholine rings is 1. The fourth-order valence-corrected chi connectivity index (χ4v) is 3.29. The maximum absolute atomic E-state index is 13.3. The molecular weight excluding hydrogens is 325 g/mol. The number of benzene rings is 1. The van der Waals surface area contributed by atoms with E-state index in [1.807, 2.05) is 0 Å². The minimum atomic E-state index is -0.276. The highest BCUT2D eigenvalue weighted by Gasteiger charge is 2.27. The number of nitrogens with zero attached hydrogens (tertiary/aromatic N) is 5. The van der Waals surface area contributed by atoms with E-state index in [0.29, 0.717) is 25.2 Å². The molecule has 0 spiro atoms. The van der Waals surface area contributed by atoms with Gasteiger partial charge in [-0.2, -0.15) is 0 Å². The number of ether oxygens (including phenoxy) is 1. The van der Waals surface area contributed by atoms with E-state index in [1.54, 1.807) is 21.8 Å². The highest BCUT2D eigenvalue weighted by atomic mass is 19.1. The highest BCUT2D eigenvalue weighted by Crippen LogP contribution is 2.29. The van der Waals surface area contributed by atoms with E-state index in [2.05, 4.69) is 15.2 Å². The summed E-state index contributed by atoms with van der Waals surface area (Å²) in [4.78, 5) is 16.7. The van der Waals surface area contributed by atoms with E-state index in [4.69, 9.17) is 4.74 Å².